The lowest BCUT2D eigenvalue weighted by Crippen LogP contribution is -2.28. The van der Waals surface area contributed by atoms with Crippen molar-refractivity contribution < 1.29 is 4.79 Å². The number of hydrogen-bond donors (Lipinski definition) is 2. The van der Waals surface area contributed by atoms with Crippen LogP contribution < -0.4 is 10.6 Å². The van der Waals surface area contributed by atoms with Crippen LogP contribution in [-0.4, -0.2) is 12.6 Å². The van der Waals surface area contributed by atoms with Gasteiger partial charge >= 0.3 is 6.03 Å². The largest absolute Gasteiger partial charge is 0.334 e. The van der Waals surface area contributed by atoms with Crippen LogP contribution >= 0.6 is 23.2 Å². The summed E-state index contributed by atoms with van der Waals surface area (Å²) >= 11 is 11.6. The van der Waals surface area contributed by atoms with Gasteiger partial charge in [-0.1, -0.05) is 29.3 Å². The van der Waals surface area contributed by atoms with Gasteiger partial charge in [0, 0.05) is 11.6 Å². The van der Waals surface area contributed by atoms with E-state index in [9.17, 15) is 4.79 Å². The van der Waals surface area contributed by atoms with Crippen molar-refractivity contribution in [3.8, 4) is 0 Å². The van der Waals surface area contributed by atoms with Crippen LogP contribution in [0.15, 0.2) is 30.9 Å². The Hall–Kier alpha value is -1.19. The van der Waals surface area contributed by atoms with E-state index in [0.717, 1.165) is 0 Å². The van der Waals surface area contributed by atoms with E-state index in [4.69, 9.17) is 23.2 Å². The van der Waals surface area contributed by atoms with Crippen LogP contribution in [0.3, 0.4) is 0 Å². The first kappa shape index (κ1) is 11.9. The van der Waals surface area contributed by atoms with Crippen LogP contribution in [0.5, 0.6) is 0 Å². The third-order valence-electron chi connectivity index (χ3n) is 1.58. The zero-order valence-corrected chi connectivity index (χ0v) is 9.40. The molecule has 0 heterocycles. The number of amides is 2. The first-order valence-electron chi connectivity index (χ1n) is 4.24. The van der Waals surface area contributed by atoms with Gasteiger partial charge < -0.3 is 10.6 Å². The summed E-state index contributed by atoms with van der Waals surface area (Å²) in [6.45, 7) is 3.87. The molecule has 0 aliphatic carbocycles. The van der Waals surface area contributed by atoms with Gasteiger partial charge in [0.15, 0.2) is 0 Å². The Balaban J connectivity index is 2.67. The van der Waals surface area contributed by atoms with Crippen molar-refractivity contribution in [2.75, 3.05) is 11.9 Å². The molecule has 0 saturated carbocycles. The molecule has 0 bridgehead atoms. The third kappa shape index (κ3) is 3.81. The average molecular weight is 245 g/mol. The van der Waals surface area contributed by atoms with Gasteiger partial charge in [-0.3, -0.25) is 0 Å². The molecular formula is C10H10Cl2N2O. The summed E-state index contributed by atoms with van der Waals surface area (Å²) < 4.78 is 0. The summed E-state index contributed by atoms with van der Waals surface area (Å²) in [5.41, 5.74) is 0.478. The van der Waals surface area contributed by atoms with Crippen molar-refractivity contribution in [3.05, 3.63) is 40.9 Å². The Morgan fingerprint density at radius 1 is 1.47 bits per heavy atom. The monoisotopic (exact) mass is 244 g/mol. The Bertz CT molecular complexity index is 380. The fraction of sp³-hybridized carbons (Fsp3) is 0.100. The van der Waals surface area contributed by atoms with E-state index in [2.05, 4.69) is 17.2 Å². The highest BCUT2D eigenvalue weighted by Gasteiger charge is 2.04. The number of nitrogens with one attached hydrogen (secondary N) is 2. The van der Waals surface area contributed by atoms with Crippen LogP contribution in [0, 0.1) is 0 Å². The summed E-state index contributed by atoms with van der Waals surface area (Å²) in [5, 5.41) is 6.08. The zero-order chi connectivity index (χ0) is 11.3. The molecular weight excluding hydrogens is 235 g/mol. The molecule has 2 amide bonds. The highest BCUT2D eigenvalue weighted by Crippen LogP contribution is 2.25. The molecule has 0 spiro atoms. The molecule has 1 rings (SSSR count). The molecule has 3 nitrogen and oxygen atoms in total. The lowest BCUT2D eigenvalue weighted by molar-refractivity contribution is 0.253. The summed E-state index contributed by atoms with van der Waals surface area (Å²) in [5.74, 6) is 0. The molecule has 80 valence electrons. The SMILES string of the molecule is C=CCNC(=O)Nc1cc(Cl)ccc1Cl. The molecule has 1 aromatic rings. The van der Waals surface area contributed by atoms with Gasteiger partial charge in [-0.25, -0.2) is 4.79 Å². The first-order valence-corrected chi connectivity index (χ1v) is 5.00. The van der Waals surface area contributed by atoms with E-state index < -0.39 is 0 Å². The number of rotatable bonds is 3. The summed E-state index contributed by atoms with van der Waals surface area (Å²) in [6, 6.07) is 4.50. The van der Waals surface area contributed by atoms with E-state index in [0.29, 0.717) is 22.3 Å². The highest BCUT2D eigenvalue weighted by atomic mass is 35.5. The summed E-state index contributed by atoms with van der Waals surface area (Å²) in [4.78, 5) is 11.3. The highest BCUT2D eigenvalue weighted by molar-refractivity contribution is 6.35. The molecule has 1 aromatic carbocycles. The average Bonchev–Trinajstić information content (AvgIpc) is 2.20. The Morgan fingerprint density at radius 2 is 2.20 bits per heavy atom. The minimum atomic E-state index is -0.348. The number of anilines is 1. The lowest BCUT2D eigenvalue weighted by Gasteiger charge is -2.07. The van der Waals surface area contributed by atoms with Crippen molar-refractivity contribution >= 4 is 34.9 Å². The maximum absolute atomic E-state index is 11.3. The molecule has 0 unspecified atom stereocenters. The molecule has 0 fully saturated rings. The molecule has 0 saturated heterocycles. The van der Waals surface area contributed by atoms with Gasteiger partial charge in [-0.05, 0) is 18.2 Å². The number of hydrogen-bond acceptors (Lipinski definition) is 1. The Kier molecular flexibility index (Phi) is 4.46. The number of halogens is 2. The summed E-state index contributed by atoms with van der Waals surface area (Å²) in [6.07, 6.45) is 1.58. The number of carbonyl (C=O) groups excluding carboxylic acids is 1. The normalized spacial score (nSPS) is 9.47. The third-order valence-corrected chi connectivity index (χ3v) is 2.15. The zero-order valence-electron chi connectivity index (χ0n) is 7.89. The van der Waals surface area contributed by atoms with E-state index in [1.165, 1.54) is 0 Å². The molecule has 0 radical (unpaired) electrons. The van der Waals surface area contributed by atoms with Gasteiger partial charge in [0.05, 0.1) is 10.7 Å². The van der Waals surface area contributed by atoms with Crippen LogP contribution in [0.2, 0.25) is 10.0 Å². The molecule has 5 heteroatoms. The number of carbonyl (C=O) groups is 1. The van der Waals surface area contributed by atoms with Crippen LogP contribution in [-0.2, 0) is 0 Å². The van der Waals surface area contributed by atoms with Crippen molar-refractivity contribution in [3.63, 3.8) is 0 Å². The van der Waals surface area contributed by atoms with Crippen molar-refractivity contribution in [2.45, 2.75) is 0 Å². The molecule has 0 atom stereocenters. The van der Waals surface area contributed by atoms with E-state index >= 15 is 0 Å². The van der Waals surface area contributed by atoms with Crippen LogP contribution in [0.4, 0.5) is 10.5 Å². The molecule has 15 heavy (non-hydrogen) atoms. The summed E-state index contributed by atoms with van der Waals surface area (Å²) in [7, 11) is 0. The Labute approximate surface area is 98.1 Å². The second-order valence-electron chi connectivity index (χ2n) is 2.75. The Morgan fingerprint density at radius 3 is 2.87 bits per heavy atom. The van der Waals surface area contributed by atoms with E-state index in [1.807, 2.05) is 0 Å². The predicted octanol–water partition coefficient (Wildman–Crippen LogP) is 3.30. The second kappa shape index (κ2) is 5.63. The first-order chi connectivity index (χ1) is 7.13. The molecule has 0 aromatic heterocycles. The maximum atomic E-state index is 11.3. The minimum Gasteiger partial charge on any atom is -0.334 e. The van der Waals surface area contributed by atoms with E-state index in [1.54, 1.807) is 24.3 Å². The minimum absolute atomic E-state index is 0.348. The van der Waals surface area contributed by atoms with Gasteiger partial charge in [-0.2, -0.15) is 0 Å². The predicted molar refractivity (Wildman–Crippen MR) is 63.7 cm³/mol. The van der Waals surface area contributed by atoms with Gasteiger partial charge in [-0.15, -0.1) is 6.58 Å². The molecule has 2 N–H and O–H groups in total. The van der Waals surface area contributed by atoms with Crippen LogP contribution in [0.1, 0.15) is 0 Å². The quantitative estimate of drug-likeness (QED) is 0.788. The fourth-order valence-corrected chi connectivity index (χ4v) is 1.26. The van der Waals surface area contributed by atoms with E-state index in [-0.39, 0.29) is 6.03 Å². The standard InChI is InChI=1S/C10H10Cl2N2O/c1-2-5-13-10(15)14-9-6-7(11)3-4-8(9)12/h2-4,6H,1,5H2,(H2,13,14,15). The van der Waals surface area contributed by atoms with Gasteiger partial charge in [0.25, 0.3) is 0 Å². The van der Waals surface area contributed by atoms with Crippen molar-refractivity contribution in [2.24, 2.45) is 0 Å². The topological polar surface area (TPSA) is 41.1 Å². The van der Waals surface area contributed by atoms with Gasteiger partial charge in [0.2, 0.25) is 0 Å². The van der Waals surface area contributed by atoms with Crippen molar-refractivity contribution in [1.82, 2.24) is 5.32 Å². The maximum Gasteiger partial charge on any atom is 0.319 e. The molecule has 0 aliphatic rings. The second-order valence-corrected chi connectivity index (χ2v) is 3.59. The lowest BCUT2D eigenvalue weighted by atomic mass is 10.3. The molecule has 0 aliphatic heterocycles. The smallest absolute Gasteiger partial charge is 0.319 e. The number of urea groups is 1. The number of benzene rings is 1. The van der Waals surface area contributed by atoms with Gasteiger partial charge in [0.1, 0.15) is 0 Å². The fourth-order valence-electron chi connectivity index (χ4n) is 0.925. The van der Waals surface area contributed by atoms with Crippen molar-refractivity contribution in [1.29, 1.82) is 0 Å². The van der Waals surface area contributed by atoms with Crippen LogP contribution in [0.25, 0.3) is 0 Å².